The Morgan fingerprint density at radius 2 is 1.90 bits per heavy atom. The summed E-state index contributed by atoms with van der Waals surface area (Å²) in [6, 6.07) is 7.83. The van der Waals surface area contributed by atoms with Crippen LogP contribution in [0.4, 0.5) is 19.3 Å². The summed E-state index contributed by atoms with van der Waals surface area (Å²) in [6.07, 6.45) is 3.13. The minimum absolute atomic E-state index is 0.145. The normalized spacial score (nSPS) is 17.2. The second-order valence-corrected chi connectivity index (χ2v) is 11.6. The zero-order valence-corrected chi connectivity index (χ0v) is 23.4. The van der Waals surface area contributed by atoms with E-state index in [1.807, 2.05) is 36.9 Å². The van der Waals surface area contributed by atoms with Gasteiger partial charge in [-0.25, -0.2) is 23.4 Å². The van der Waals surface area contributed by atoms with E-state index in [-0.39, 0.29) is 5.56 Å². The number of hydrogen-bond acceptors (Lipinski definition) is 6. The number of nitrogens with one attached hydrogen (secondary N) is 2. The Morgan fingerprint density at radius 1 is 1.17 bits per heavy atom. The number of alkyl carbamates (subject to hydrolysis) is 1. The van der Waals surface area contributed by atoms with Gasteiger partial charge in [0.05, 0.1) is 33.4 Å². The van der Waals surface area contributed by atoms with Crippen LogP contribution in [0, 0.1) is 18.6 Å². The smallest absolute Gasteiger partial charge is 0.408 e. The van der Waals surface area contributed by atoms with Crippen molar-refractivity contribution in [2.75, 3.05) is 18.0 Å². The van der Waals surface area contributed by atoms with Crippen molar-refractivity contribution < 1.29 is 28.2 Å². The number of anilines is 1. The van der Waals surface area contributed by atoms with Gasteiger partial charge in [-0.3, -0.25) is 4.98 Å². The molecule has 2 aromatic heterocycles. The molecule has 1 unspecified atom stereocenters. The molecule has 1 aliphatic heterocycles. The average Bonchev–Trinajstić information content (AvgIpc) is 3.48. The van der Waals surface area contributed by atoms with E-state index in [4.69, 9.17) is 9.72 Å². The number of carboxylic acid groups (broad SMARTS) is 1. The van der Waals surface area contributed by atoms with Crippen LogP contribution in [0.15, 0.2) is 42.7 Å². The van der Waals surface area contributed by atoms with Gasteiger partial charge in [-0.2, -0.15) is 0 Å². The lowest BCUT2D eigenvalue weighted by Crippen LogP contribution is -2.49. The number of H-pyrrole nitrogens is 1. The molecule has 1 saturated heterocycles. The number of fused-ring (bicyclic) bond motifs is 1. The van der Waals surface area contributed by atoms with Crippen molar-refractivity contribution in [3.8, 4) is 22.5 Å². The highest BCUT2D eigenvalue weighted by Crippen LogP contribution is 2.42. The lowest BCUT2D eigenvalue weighted by Gasteiger charge is -2.30. The van der Waals surface area contributed by atoms with E-state index in [0.717, 1.165) is 28.7 Å². The number of nitrogens with zero attached hydrogens (tertiary/aromatic N) is 3. The Labute approximate surface area is 235 Å². The number of ether oxygens (including phenoxy) is 1. The van der Waals surface area contributed by atoms with Gasteiger partial charge in [0.2, 0.25) is 0 Å². The molecule has 3 heterocycles. The number of aryl methyl sites for hydroxylation is 1. The number of aromatic amines is 1. The third-order valence-corrected chi connectivity index (χ3v) is 7.05. The Morgan fingerprint density at radius 3 is 2.59 bits per heavy atom. The van der Waals surface area contributed by atoms with Gasteiger partial charge in [-0.05, 0) is 70.4 Å². The topological polar surface area (TPSA) is 120 Å². The first-order valence-corrected chi connectivity index (χ1v) is 13.2. The largest absolute Gasteiger partial charge is 0.478 e. The van der Waals surface area contributed by atoms with E-state index in [1.165, 1.54) is 6.20 Å². The number of halogens is 2. The van der Waals surface area contributed by atoms with Crippen LogP contribution in [0.2, 0.25) is 0 Å². The van der Waals surface area contributed by atoms with E-state index in [9.17, 15) is 23.5 Å². The van der Waals surface area contributed by atoms with E-state index in [1.54, 1.807) is 27.0 Å². The molecule has 3 N–H and O–H groups in total. The Hall–Kier alpha value is -4.54. The first-order chi connectivity index (χ1) is 19.2. The van der Waals surface area contributed by atoms with Crippen molar-refractivity contribution in [2.45, 2.75) is 52.2 Å². The van der Waals surface area contributed by atoms with Gasteiger partial charge in [0.15, 0.2) is 11.6 Å². The van der Waals surface area contributed by atoms with Crippen LogP contribution in [0.3, 0.4) is 0 Å². The van der Waals surface area contributed by atoms with Gasteiger partial charge in [-0.15, -0.1) is 0 Å². The summed E-state index contributed by atoms with van der Waals surface area (Å²) in [6.45, 7) is 10.1. The molecule has 0 saturated carbocycles. The maximum Gasteiger partial charge on any atom is 0.408 e. The summed E-state index contributed by atoms with van der Waals surface area (Å²) in [7, 11) is 0. The molecule has 4 aromatic rings. The van der Waals surface area contributed by atoms with E-state index >= 15 is 0 Å². The Bertz CT molecular complexity index is 1680. The van der Waals surface area contributed by atoms with E-state index < -0.39 is 40.4 Å². The molecule has 1 aliphatic rings. The molecule has 0 radical (unpaired) electrons. The fourth-order valence-corrected chi connectivity index (χ4v) is 5.19. The average molecular weight is 564 g/mol. The van der Waals surface area contributed by atoms with Crippen LogP contribution in [0.25, 0.3) is 33.5 Å². The number of carbonyl (C=O) groups is 2. The second kappa shape index (κ2) is 10.1. The van der Waals surface area contributed by atoms with Crippen LogP contribution in [-0.4, -0.2) is 56.4 Å². The first-order valence-electron chi connectivity index (χ1n) is 13.2. The van der Waals surface area contributed by atoms with Gasteiger partial charge < -0.3 is 25.0 Å². The fraction of sp³-hybridized carbons (Fsp3) is 0.333. The molecule has 0 aliphatic carbocycles. The van der Waals surface area contributed by atoms with Crippen molar-refractivity contribution in [1.82, 2.24) is 20.3 Å². The lowest BCUT2D eigenvalue weighted by molar-refractivity contribution is 0.0472. The summed E-state index contributed by atoms with van der Waals surface area (Å²) in [5, 5.41) is 12.5. The van der Waals surface area contributed by atoms with Crippen molar-refractivity contribution in [2.24, 2.45) is 0 Å². The number of amides is 1. The van der Waals surface area contributed by atoms with Crippen LogP contribution in [0.1, 0.15) is 50.0 Å². The van der Waals surface area contributed by atoms with Gasteiger partial charge in [0.1, 0.15) is 11.4 Å². The number of aromatic carboxylic acids is 1. The number of benzene rings is 2. The Balaban J connectivity index is 1.65. The molecule has 41 heavy (non-hydrogen) atoms. The second-order valence-electron chi connectivity index (χ2n) is 11.6. The molecule has 0 bridgehead atoms. The molecule has 1 fully saturated rings. The maximum atomic E-state index is 14.7. The highest BCUT2D eigenvalue weighted by Gasteiger charge is 2.38. The zero-order valence-electron chi connectivity index (χ0n) is 23.4. The number of para-hydroxylation sites is 1. The van der Waals surface area contributed by atoms with Crippen molar-refractivity contribution in [3.05, 3.63) is 65.5 Å². The first kappa shape index (κ1) is 28.0. The van der Waals surface area contributed by atoms with Gasteiger partial charge >= 0.3 is 12.1 Å². The predicted molar refractivity (Wildman–Crippen MR) is 151 cm³/mol. The third kappa shape index (κ3) is 5.57. The number of imidazole rings is 1. The number of carbonyl (C=O) groups excluding carboxylic acids is 1. The molecule has 2 aromatic carbocycles. The maximum absolute atomic E-state index is 14.7. The summed E-state index contributed by atoms with van der Waals surface area (Å²) < 4.78 is 34.5. The molecule has 214 valence electrons. The van der Waals surface area contributed by atoms with Gasteiger partial charge in [-0.1, -0.05) is 12.1 Å². The SMILES string of the molecule is Cc1cccc2[nH]c(-c3cncc(-c4cc(F)c(F)c(C(=O)O)c4)c3N3CCC(C)(NC(=O)OC(C)(C)C)C3)nc12. The van der Waals surface area contributed by atoms with Crippen LogP contribution < -0.4 is 10.2 Å². The summed E-state index contributed by atoms with van der Waals surface area (Å²) in [5.41, 5.74) is 2.14. The van der Waals surface area contributed by atoms with Gasteiger partial charge in [0, 0.05) is 31.0 Å². The van der Waals surface area contributed by atoms with Crippen LogP contribution >= 0.6 is 0 Å². The number of aromatic nitrogens is 3. The number of rotatable bonds is 5. The van der Waals surface area contributed by atoms with Crippen molar-refractivity contribution in [1.29, 1.82) is 0 Å². The van der Waals surface area contributed by atoms with Crippen LogP contribution in [0.5, 0.6) is 0 Å². The van der Waals surface area contributed by atoms with E-state index in [0.29, 0.717) is 42.1 Å². The lowest BCUT2D eigenvalue weighted by atomic mass is 9.98. The Kier molecular flexibility index (Phi) is 6.92. The quantitative estimate of drug-likeness (QED) is 0.270. The molecular weight excluding hydrogens is 532 g/mol. The predicted octanol–water partition coefficient (Wildman–Crippen LogP) is 6.07. The number of carboxylic acids is 1. The molecule has 1 atom stereocenters. The highest BCUT2D eigenvalue weighted by atomic mass is 19.2. The standard InChI is InChI=1S/C30H31F2N5O4/c1-16-7-6-8-22-24(16)35-26(34-22)20-14-33-13-19(17-11-18(27(38)39)23(32)21(31)12-17)25(20)37-10-9-30(5,15-37)36-28(40)41-29(2,3)4/h6-8,11-14H,9-10,15H2,1-5H3,(H,34,35)(H,36,40)(H,38,39). The third-order valence-electron chi connectivity index (χ3n) is 7.05. The summed E-state index contributed by atoms with van der Waals surface area (Å²) >= 11 is 0. The number of hydrogen-bond donors (Lipinski definition) is 3. The fourth-order valence-electron chi connectivity index (χ4n) is 5.19. The molecule has 9 nitrogen and oxygen atoms in total. The monoisotopic (exact) mass is 563 g/mol. The van der Waals surface area contributed by atoms with E-state index in [2.05, 4.69) is 15.3 Å². The van der Waals surface area contributed by atoms with Gasteiger partial charge in [0.25, 0.3) is 0 Å². The minimum Gasteiger partial charge on any atom is -0.478 e. The minimum atomic E-state index is -1.59. The van der Waals surface area contributed by atoms with Crippen molar-refractivity contribution >= 4 is 28.8 Å². The summed E-state index contributed by atoms with van der Waals surface area (Å²) in [4.78, 5) is 38.9. The highest BCUT2D eigenvalue weighted by molar-refractivity contribution is 5.94. The number of pyridine rings is 1. The zero-order chi connectivity index (χ0) is 29.7. The molecule has 0 spiro atoms. The molecule has 11 heteroatoms. The molecule has 1 amide bonds. The molecular formula is C30H31F2N5O4. The summed E-state index contributed by atoms with van der Waals surface area (Å²) in [5.74, 6) is -3.80. The van der Waals surface area contributed by atoms with Crippen LogP contribution in [-0.2, 0) is 4.74 Å². The van der Waals surface area contributed by atoms with Crippen molar-refractivity contribution in [3.63, 3.8) is 0 Å². The molecule has 5 rings (SSSR count).